The third kappa shape index (κ3) is 6.04. The quantitative estimate of drug-likeness (QED) is 0.186. The minimum atomic E-state index is -2.02. The van der Waals surface area contributed by atoms with E-state index in [9.17, 15) is 4.79 Å². The molecule has 3 nitrogen and oxygen atoms in total. The fourth-order valence-electron chi connectivity index (χ4n) is 4.22. The summed E-state index contributed by atoms with van der Waals surface area (Å²) in [5, 5.41) is 0. The molecule has 0 saturated carbocycles. The number of hydrogen-bond acceptors (Lipinski definition) is 3. The number of unbranched alkanes of at least 4 members (excludes halogenated alkanes) is 1. The topological polar surface area (TPSA) is 35.5 Å². The van der Waals surface area contributed by atoms with Crippen LogP contribution in [-0.2, 0) is 13.6 Å². The molecule has 1 aliphatic rings. The first-order valence-corrected chi connectivity index (χ1v) is 17.4. The number of benzene rings is 2. The third-order valence-corrected chi connectivity index (χ3v) is 11.7. The second-order valence-electron chi connectivity index (χ2n) is 8.84. The Morgan fingerprint density at radius 2 is 1.48 bits per heavy atom. The van der Waals surface area contributed by atoms with Gasteiger partial charge in [-0.2, -0.15) is 0 Å². The molecule has 1 aliphatic carbocycles. The van der Waals surface area contributed by atoms with Crippen molar-refractivity contribution in [3.05, 3.63) is 59.7 Å². The van der Waals surface area contributed by atoms with Crippen molar-refractivity contribution in [2.24, 2.45) is 0 Å². The van der Waals surface area contributed by atoms with Crippen LogP contribution in [0.15, 0.2) is 48.5 Å². The van der Waals surface area contributed by atoms with Gasteiger partial charge in [0.25, 0.3) is 7.63 Å². The van der Waals surface area contributed by atoms with E-state index >= 15 is 0 Å². The van der Waals surface area contributed by atoms with Crippen molar-refractivity contribution < 1.29 is 13.6 Å². The summed E-state index contributed by atoms with van der Waals surface area (Å²) >= 11 is 6.33. The molecule has 0 aromatic heterocycles. The van der Waals surface area contributed by atoms with Gasteiger partial charge in [-0.3, -0.25) is 4.79 Å². The van der Waals surface area contributed by atoms with Gasteiger partial charge in [-0.05, 0) is 60.9 Å². The van der Waals surface area contributed by atoms with Crippen LogP contribution in [0.1, 0.15) is 36.3 Å². The van der Waals surface area contributed by atoms with Gasteiger partial charge < -0.3 is 8.85 Å². The number of hydrogen-bond donors (Lipinski definition) is 0. The number of carbonyl (C=O) groups is 1. The Hall–Kier alpha value is -1.41. The van der Waals surface area contributed by atoms with Gasteiger partial charge >= 0.3 is 5.97 Å². The molecule has 0 fully saturated rings. The Morgan fingerprint density at radius 1 is 0.931 bits per heavy atom. The molecule has 0 atom stereocenters. The van der Waals surface area contributed by atoms with E-state index in [0.717, 1.165) is 18.9 Å². The molecular formula is C23H31ClO3Si2. The first-order chi connectivity index (χ1) is 13.7. The largest absolute Gasteiger partial charge is 0.465 e. The first-order valence-electron chi connectivity index (χ1n) is 10.4. The fraction of sp³-hybridized carbons (Fsp3) is 0.435. The summed E-state index contributed by atoms with van der Waals surface area (Å²) in [6.07, 6.45) is 2.27. The van der Waals surface area contributed by atoms with E-state index in [1.54, 1.807) is 0 Å². The normalized spacial score (nSPS) is 13.8. The lowest BCUT2D eigenvalue weighted by Gasteiger charge is -2.29. The van der Waals surface area contributed by atoms with E-state index in [1.807, 2.05) is 13.1 Å². The average molecular weight is 447 g/mol. The van der Waals surface area contributed by atoms with Crippen molar-refractivity contribution in [3.8, 4) is 11.1 Å². The van der Waals surface area contributed by atoms with Crippen LogP contribution in [0.2, 0.25) is 32.2 Å². The molecule has 0 amide bonds. The van der Waals surface area contributed by atoms with Crippen LogP contribution in [-0.4, -0.2) is 28.5 Å². The maximum absolute atomic E-state index is 12.3. The van der Waals surface area contributed by atoms with Gasteiger partial charge in [-0.15, -0.1) is 11.1 Å². The summed E-state index contributed by atoms with van der Waals surface area (Å²) in [4.78, 5) is 12.3. The van der Waals surface area contributed by atoms with E-state index in [1.165, 1.54) is 22.3 Å². The molecule has 0 aliphatic heterocycles. The Balaban J connectivity index is 1.48. The van der Waals surface area contributed by atoms with Crippen molar-refractivity contribution >= 4 is 33.0 Å². The van der Waals surface area contributed by atoms with Crippen molar-refractivity contribution in [2.45, 2.75) is 57.4 Å². The minimum Gasteiger partial charge on any atom is -0.465 e. The van der Waals surface area contributed by atoms with Crippen LogP contribution in [0.25, 0.3) is 11.1 Å². The molecule has 6 heteroatoms. The summed E-state index contributed by atoms with van der Waals surface area (Å²) in [5.74, 6) is 0.0151. The lowest BCUT2D eigenvalue weighted by molar-refractivity contribution is -0.144. The molecular weight excluding hydrogens is 416 g/mol. The van der Waals surface area contributed by atoms with Gasteiger partial charge in [-0.1, -0.05) is 55.0 Å². The Kier molecular flexibility index (Phi) is 7.04. The standard InChI is InChI=1S/C23H31ClO3Si2/c1-28(2,27-29(3,4)24)16-10-9-15-23(25)26-17-22-20-13-7-5-11-18(20)19-12-6-8-14-21(19)22/h5-8,11-14,22H,9-10,15-17H2,1-4H3. The molecule has 0 heterocycles. The zero-order valence-electron chi connectivity index (χ0n) is 17.8. The molecule has 2 aromatic rings. The van der Waals surface area contributed by atoms with Crippen molar-refractivity contribution in [1.29, 1.82) is 0 Å². The van der Waals surface area contributed by atoms with Crippen LogP contribution in [0.3, 0.4) is 0 Å². The predicted octanol–water partition coefficient (Wildman–Crippen LogP) is 6.67. The number of rotatable bonds is 9. The summed E-state index contributed by atoms with van der Waals surface area (Å²) in [6, 6.07) is 17.8. The van der Waals surface area contributed by atoms with Gasteiger partial charge in [0.05, 0.1) is 0 Å². The zero-order chi connectivity index (χ0) is 21.1. The van der Waals surface area contributed by atoms with Crippen molar-refractivity contribution in [2.75, 3.05) is 6.61 Å². The number of esters is 1. The highest BCUT2D eigenvalue weighted by atomic mass is 35.6. The second kappa shape index (κ2) is 9.17. The smallest absolute Gasteiger partial charge is 0.305 e. The number of fused-ring (bicyclic) bond motifs is 3. The van der Waals surface area contributed by atoms with Gasteiger partial charge in [0.15, 0.2) is 8.32 Å². The van der Waals surface area contributed by atoms with Gasteiger partial charge in [0, 0.05) is 12.3 Å². The van der Waals surface area contributed by atoms with E-state index < -0.39 is 15.9 Å². The lowest BCUT2D eigenvalue weighted by Crippen LogP contribution is -2.40. The molecule has 0 spiro atoms. The van der Waals surface area contributed by atoms with E-state index in [2.05, 4.69) is 61.6 Å². The molecule has 156 valence electrons. The van der Waals surface area contributed by atoms with Crippen LogP contribution in [0.5, 0.6) is 0 Å². The van der Waals surface area contributed by atoms with Crippen LogP contribution in [0, 0.1) is 0 Å². The summed E-state index contributed by atoms with van der Waals surface area (Å²) < 4.78 is 11.8. The van der Waals surface area contributed by atoms with E-state index in [0.29, 0.717) is 13.0 Å². The molecule has 2 aromatic carbocycles. The highest BCUT2D eigenvalue weighted by molar-refractivity contribution is 7.17. The monoisotopic (exact) mass is 446 g/mol. The zero-order valence-corrected chi connectivity index (χ0v) is 20.6. The molecule has 0 bridgehead atoms. The highest BCUT2D eigenvalue weighted by Gasteiger charge is 2.31. The Bertz CT molecular complexity index is 816. The minimum absolute atomic E-state index is 0.112. The SMILES string of the molecule is C[Si](C)(Cl)O[Si](C)(C)CCCCC(=O)OCC1c2ccccc2-c2ccccc21. The van der Waals surface area contributed by atoms with E-state index in [4.69, 9.17) is 19.9 Å². The molecule has 3 rings (SSSR count). The first kappa shape index (κ1) is 22.3. The fourth-order valence-corrected chi connectivity index (χ4v) is 12.9. The van der Waals surface area contributed by atoms with E-state index in [-0.39, 0.29) is 11.9 Å². The van der Waals surface area contributed by atoms with Gasteiger partial charge in [0.1, 0.15) is 6.61 Å². The summed E-state index contributed by atoms with van der Waals surface area (Å²) in [7, 11) is -3.77. The highest BCUT2D eigenvalue weighted by Crippen LogP contribution is 2.44. The maximum atomic E-state index is 12.3. The molecule has 0 saturated heterocycles. The number of ether oxygens (including phenoxy) is 1. The lowest BCUT2D eigenvalue weighted by atomic mass is 9.98. The van der Waals surface area contributed by atoms with Crippen LogP contribution < -0.4 is 0 Å². The summed E-state index contributed by atoms with van der Waals surface area (Å²) in [6.45, 7) is 8.84. The van der Waals surface area contributed by atoms with Gasteiger partial charge in [-0.25, -0.2) is 0 Å². The molecule has 0 radical (unpaired) electrons. The summed E-state index contributed by atoms with van der Waals surface area (Å²) in [5.41, 5.74) is 5.00. The van der Waals surface area contributed by atoms with Crippen LogP contribution in [0.4, 0.5) is 0 Å². The van der Waals surface area contributed by atoms with Crippen molar-refractivity contribution in [3.63, 3.8) is 0 Å². The number of halogens is 1. The predicted molar refractivity (Wildman–Crippen MR) is 125 cm³/mol. The molecule has 0 N–H and O–H groups in total. The third-order valence-electron chi connectivity index (χ3n) is 5.30. The molecule has 0 unspecified atom stereocenters. The van der Waals surface area contributed by atoms with Crippen molar-refractivity contribution in [1.82, 2.24) is 0 Å². The number of carbonyl (C=O) groups excluding carboxylic acids is 1. The van der Waals surface area contributed by atoms with Crippen LogP contribution >= 0.6 is 11.1 Å². The van der Waals surface area contributed by atoms with Gasteiger partial charge in [0.2, 0.25) is 0 Å². The Morgan fingerprint density at radius 3 is 2.03 bits per heavy atom. The Labute approximate surface area is 181 Å². The maximum Gasteiger partial charge on any atom is 0.305 e. The average Bonchev–Trinajstić information content (AvgIpc) is 2.96. The second-order valence-corrected chi connectivity index (χ2v) is 19.1. The molecule has 29 heavy (non-hydrogen) atoms.